The van der Waals surface area contributed by atoms with Crippen molar-refractivity contribution in [1.29, 1.82) is 0 Å². The molecule has 1 aliphatic heterocycles. The van der Waals surface area contributed by atoms with E-state index in [2.05, 4.69) is 5.32 Å². The fourth-order valence-electron chi connectivity index (χ4n) is 6.80. The number of ether oxygens (including phenoxy) is 1. The smallest absolute Gasteiger partial charge is 0.330 e. The largest absolute Gasteiger partial charge is 0.454 e. The first-order chi connectivity index (χ1) is 19.2. The van der Waals surface area contributed by atoms with E-state index in [9.17, 15) is 19.2 Å². The molecule has 1 fully saturated rings. The molecule has 3 aromatic carbocycles. The molecule has 0 spiro atoms. The SMILES string of the molecule is Cc1c(Cl)cccc1NC(=O)COC(=O)[C@H](C(C)C)N1C(=O)[C@@H]2C3c4ccccc4C(c4ccccc43)[C@@H]2C1=O. The van der Waals surface area contributed by atoms with Crippen molar-refractivity contribution in [2.75, 3.05) is 11.9 Å². The van der Waals surface area contributed by atoms with Gasteiger partial charge >= 0.3 is 5.97 Å². The first-order valence-corrected chi connectivity index (χ1v) is 13.8. The van der Waals surface area contributed by atoms with Gasteiger partial charge in [0.2, 0.25) is 11.8 Å². The number of carbonyl (C=O) groups is 4. The zero-order valence-corrected chi connectivity index (χ0v) is 23.1. The van der Waals surface area contributed by atoms with E-state index in [1.165, 1.54) is 0 Å². The van der Waals surface area contributed by atoms with Gasteiger partial charge in [-0.05, 0) is 52.8 Å². The zero-order valence-electron chi connectivity index (χ0n) is 22.4. The number of nitrogens with one attached hydrogen (secondary N) is 1. The van der Waals surface area contributed by atoms with Gasteiger partial charge in [-0.15, -0.1) is 0 Å². The van der Waals surface area contributed by atoms with Crippen LogP contribution in [0.15, 0.2) is 66.7 Å². The molecule has 1 N–H and O–H groups in total. The van der Waals surface area contributed by atoms with Gasteiger partial charge in [0, 0.05) is 22.5 Å². The summed E-state index contributed by atoms with van der Waals surface area (Å²) in [5, 5.41) is 3.19. The Morgan fingerprint density at radius 1 is 0.850 bits per heavy atom. The van der Waals surface area contributed by atoms with Crippen molar-refractivity contribution >= 4 is 41.0 Å². The molecule has 40 heavy (non-hydrogen) atoms. The number of likely N-dealkylation sites (tertiary alicyclic amines) is 1. The maximum Gasteiger partial charge on any atom is 0.330 e. The number of amides is 3. The predicted octanol–water partition coefficient (Wildman–Crippen LogP) is 5.05. The lowest BCUT2D eigenvalue weighted by Crippen LogP contribution is -2.49. The van der Waals surface area contributed by atoms with Crippen molar-refractivity contribution < 1.29 is 23.9 Å². The van der Waals surface area contributed by atoms with Crippen LogP contribution in [0, 0.1) is 24.7 Å². The molecule has 3 atom stereocenters. The van der Waals surface area contributed by atoms with Crippen molar-refractivity contribution in [3.05, 3.63) is 99.6 Å². The molecule has 0 aromatic heterocycles. The number of nitrogens with zero attached hydrogens (tertiary/aromatic N) is 1. The highest BCUT2D eigenvalue weighted by Gasteiger charge is 2.63. The number of hydrogen-bond donors (Lipinski definition) is 1. The molecule has 1 saturated heterocycles. The van der Waals surface area contributed by atoms with Gasteiger partial charge in [-0.25, -0.2) is 4.79 Å². The van der Waals surface area contributed by atoms with Gasteiger partial charge in [0.15, 0.2) is 6.61 Å². The van der Waals surface area contributed by atoms with Gasteiger partial charge in [-0.2, -0.15) is 0 Å². The second-order valence-corrected chi connectivity index (χ2v) is 11.5. The fraction of sp³-hybridized carbons (Fsp3) is 0.312. The van der Waals surface area contributed by atoms with E-state index in [4.69, 9.17) is 16.3 Å². The van der Waals surface area contributed by atoms with Crippen LogP contribution < -0.4 is 5.32 Å². The number of benzene rings is 3. The zero-order chi connectivity index (χ0) is 28.3. The van der Waals surface area contributed by atoms with Crippen molar-refractivity contribution in [1.82, 2.24) is 4.90 Å². The van der Waals surface area contributed by atoms with E-state index in [1.807, 2.05) is 48.5 Å². The lowest BCUT2D eigenvalue weighted by molar-refractivity contribution is -0.162. The number of rotatable bonds is 6. The molecular formula is C32H29ClN2O5. The lowest BCUT2D eigenvalue weighted by Gasteiger charge is -2.45. The van der Waals surface area contributed by atoms with E-state index in [1.54, 1.807) is 39.0 Å². The molecule has 0 radical (unpaired) electrons. The number of hydrogen-bond acceptors (Lipinski definition) is 5. The van der Waals surface area contributed by atoms with E-state index >= 15 is 0 Å². The molecule has 7 nitrogen and oxygen atoms in total. The summed E-state index contributed by atoms with van der Waals surface area (Å²) in [5.41, 5.74) is 5.45. The Morgan fingerprint density at radius 2 is 1.35 bits per heavy atom. The van der Waals surface area contributed by atoms with Gasteiger partial charge < -0.3 is 10.1 Å². The first-order valence-electron chi connectivity index (χ1n) is 13.5. The Labute approximate surface area is 237 Å². The molecule has 8 heteroatoms. The highest BCUT2D eigenvalue weighted by molar-refractivity contribution is 6.31. The Morgan fingerprint density at radius 3 is 1.82 bits per heavy atom. The Kier molecular flexibility index (Phi) is 6.50. The second kappa shape index (κ2) is 9.89. The van der Waals surface area contributed by atoms with Crippen LogP contribution in [0.5, 0.6) is 0 Å². The minimum Gasteiger partial charge on any atom is -0.454 e. The van der Waals surface area contributed by atoms with Gasteiger partial charge in [0.25, 0.3) is 5.91 Å². The minimum atomic E-state index is -1.14. The topological polar surface area (TPSA) is 92.8 Å². The van der Waals surface area contributed by atoms with Crippen LogP contribution in [0.25, 0.3) is 0 Å². The fourth-order valence-corrected chi connectivity index (χ4v) is 6.98. The van der Waals surface area contributed by atoms with Crippen LogP contribution in [-0.4, -0.2) is 41.2 Å². The van der Waals surface area contributed by atoms with Crippen LogP contribution in [-0.2, 0) is 23.9 Å². The second-order valence-electron chi connectivity index (χ2n) is 11.1. The average Bonchev–Trinajstić information content (AvgIpc) is 3.20. The highest BCUT2D eigenvalue weighted by atomic mass is 35.5. The molecule has 7 rings (SSSR count). The number of carbonyl (C=O) groups excluding carboxylic acids is 4. The standard InChI is InChI=1S/C32H29ClN2O5/c1-16(2)29(32(39)40-15-24(36)34-23-14-8-13-22(33)17(23)3)35-30(37)27-25-18-9-4-5-10-19(18)26(28(27)31(35)38)21-12-7-6-11-20(21)25/h4-14,16,25-29H,15H2,1-3H3,(H,34,36)/t25?,26?,27-,28+,29-/m0/s1. The predicted molar refractivity (Wildman–Crippen MR) is 150 cm³/mol. The van der Waals surface area contributed by atoms with Crippen LogP contribution in [0.3, 0.4) is 0 Å². The number of imide groups is 1. The third kappa shape index (κ3) is 3.94. The van der Waals surface area contributed by atoms with Crippen molar-refractivity contribution in [3.8, 4) is 0 Å². The normalized spacial score (nSPS) is 23.0. The van der Waals surface area contributed by atoms with E-state index in [-0.39, 0.29) is 23.7 Å². The van der Waals surface area contributed by atoms with E-state index < -0.39 is 42.3 Å². The van der Waals surface area contributed by atoms with Gasteiger partial charge in [0.05, 0.1) is 11.8 Å². The van der Waals surface area contributed by atoms with Crippen LogP contribution >= 0.6 is 11.6 Å². The van der Waals surface area contributed by atoms with Crippen LogP contribution in [0.1, 0.15) is 53.5 Å². The minimum absolute atomic E-state index is 0.264. The summed E-state index contributed by atoms with van der Waals surface area (Å²) in [6.07, 6.45) is 0. The van der Waals surface area contributed by atoms with Crippen molar-refractivity contribution in [2.24, 2.45) is 17.8 Å². The lowest BCUT2D eigenvalue weighted by atomic mass is 9.55. The first kappa shape index (κ1) is 26.3. The molecule has 3 aliphatic carbocycles. The molecule has 0 unspecified atom stereocenters. The molecule has 4 aliphatic rings. The monoisotopic (exact) mass is 556 g/mol. The molecule has 3 amide bonds. The number of esters is 1. The molecule has 2 bridgehead atoms. The highest BCUT2D eigenvalue weighted by Crippen LogP contribution is 2.61. The summed E-state index contributed by atoms with van der Waals surface area (Å²) in [6, 6.07) is 20.0. The molecular weight excluding hydrogens is 528 g/mol. The quantitative estimate of drug-likeness (QED) is 0.339. The summed E-state index contributed by atoms with van der Waals surface area (Å²) in [4.78, 5) is 55.2. The maximum atomic E-state index is 14.1. The summed E-state index contributed by atoms with van der Waals surface area (Å²) in [6.45, 7) is 4.75. The third-order valence-corrected chi connectivity index (χ3v) is 8.93. The Balaban J connectivity index is 1.26. The third-order valence-electron chi connectivity index (χ3n) is 8.52. The van der Waals surface area contributed by atoms with Gasteiger partial charge in [0.1, 0.15) is 6.04 Å². The average molecular weight is 557 g/mol. The van der Waals surface area contributed by atoms with Gasteiger partial charge in [-0.3, -0.25) is 19.3 Å². The van der Waals surface area contributed by atoms with E-state index in [0.29, 0.717) is 16.3 Å². The molecule has 0 saturated carbocycles. The molecule has 1 heterocycles. The van der Waals surface area contributed by atoms with E-state index in [0.717, 1.165) is 27.2 Å². The van der Waals surface area contributed by atoms with Crippen molar-refractivity contribution in [3.63, 3.8) is 0 Å². The van der Waals surface area contributed by atoms with Gasteiger partial charge in [-0.1, -0.05) is 80.0 Å². The summed E-state index contributed by atoms with van der Waals surface area (Å²) < 4.78 is 5.39. The maximum absolute atomic E-state index is 14.1. The summed E-state index contributed by atoms with van der Waals surface area (Å²) >= 11 is 6.13. The number of anilines is 1. The van der Waals surface area contributed by atoms with Crippen LogP contribution in [0.2, 0.25) is 5.02 Å². The Hall–Kier alpha value is -3.97. The number of halogens is 1. The Bertz CT molecular complexity index is 1450. The van der Waals surface area contributed by atoms with Crippen molar-refractivity contribution in [2.45, 2.75) is 38.6 Å². The molecule has 3 aromatic rings. The summed E-state index contributed by atoms with van der Waals surface area (Å²) in [5.74, 6) is -4.17. The molecule has 204 valence electrons. The summed E-state index contributed by atoms with van der Waals surface area (Å²) in [7, 11) is 0. The van der Waals surface area contributed by atoms with Crippen LogP contribution in [0.4, 0.5) is 5.69 Å².